The Morgan fingerprint density at radius 2 is 1.79 bits per heavy atom. The third-order valence-electron chi connectivity index (χ3n) is 3.89. The van der Waals surface area contributed by atoms with Crippen LogP contribution in [0.15, 0.2) is 30.3 Å². The van der Waals surface area contributed by atoms with E-state index in [1.54, 1.807) is 14.2 Å². The summed E-state index contributed by atoms with van der Waals surface area (Å²) in [6.45, 7) is 0. The second-order valence-electron chi connectivity index (χ2n) is 5.36. The van der Waals surface area contributed by atoms with Gasteiger partial charge in [-0.25, -0.2) is 0 Å². The molecule has 0 bridgehead atoms. The number of fused-ring (bicyclic) bond motifs is 1. The van der Waals surface area contributed by atoms with Crippen LogP contribution in [0.3, 0.4) is 0 Å². The quantitative estimate of drug-likeness (QED) is 0.916. The van der Waals surface area contributed by atoms with Crippen LogP contribution in [0.1, 0.15) is 18.4 Å². The summed E-state index contributed by atoms with van der Waals surface area (Å²) in [4.78, 5) is 0. The average Bonchev–Trinajstić information content (AvgIpc) is 3.15. The molecule has 2 aromatic rings. The maximum atomic E-state index is 6.24. The van der Waals surface area contributed by atoms with Crippen LogP contribution in [0.2, 0.25) is 0 Å². The number of benzene rings is 2. The fourth-order valence-electron chi connectivity index (χ4n) is 2.63. The fourth-order valence-corrected chi connectivity index (χ4v) is 2.63. The van der Waals surface area contributed by atoms with E-state index in [4.69, 9.17) is 15.2 Å². The molecule has 2 N–H and O–H groups in total. The number of ether oxygens (including phenoxy) is 2. The van der Waals surface area contributed by atoms with Crippen LogP contribution in [0.5, 0.6) is 11.5 Å². The van der Waals surface area contributed by atoms with Crippen molar-refractivity contribution in [2.24, 2.45) is 5.73 Å². The van der Waals surface area contributed by atoms with Crippen LogP contribution in [0.4, 0.5) is 0 Å². The van der Waals surface area contributed by atoms with Gasteiger partial charge in [-0.2, -0.15) is 0 Å². The maximum absolute atomic E-state index is 6.24. The van der Waals surface area contributed by atoms with Crippen molar-refractivity contribution < 1.29 is 9.47 Å². The lowest BCUT2D eigenvalue weighted by molar-refractivity contribution is 0.404. The normalized spacial score (nSPS) is 16.4. The molecule has 2 aromatic carbocycles. The molecule has 1 saturated carbocycles. The van der Waals surface area contributed by atoms with Crippen LogP contribution in [0.25, 0.3) is 10.8 Å². The second-order valence-corrected chi connectivity index (χ2v) is 5.36. The molecule has 19 heavy (non-hydrogen) atoms. The summed E-state index contributed by atoms with van der Waals surface area (Å²) < 4.78 is 11.1. The minimum absolute atomic E-state index is 0.0409. The lowest BCUT2D eigenvalue weighted by atomic mass is 9.98. The van der Waals surface area contributed by atoms with Gasteiger partial charge < -0.3 is 15.2 Å². The standard InChI is InChI=1S/C16H19NO2/c1-18-14-9-11(10-16(17)7-8-16)15(19-2)13-6-4-3-5-12(13)14/h3-6,9H,7-8,10,17H2,1-2H3. The molecular weight excluding hydrogens is 238 g/mol. The highest BCUT2D eigenvalue weighted by molar-refractivity contribution is 5.94. The van der Waals surface area contributed by atoms with E-state index in [1.165, 1.54) is 0 Å². The van der Waals surface area contributed by atoms with E-state index < -0.39 is 0 Å². The fraction of sp³-hybridized carbons (Fsp3) is 0.375. The first kappa shape index (κ1) is 12.3. The molecule has 0 spiro atoms. The molecule has 3 nitrogen and oxygen atoms in total. The van der Waals surface area contributed by atoms with Gasteiger partial charge in [0.15, 0.2) is 0 Å². The molecule has 1 aliphatic rings. The topological polar surface area (TPSA) is 44.5 Å². The molecule has 0 atom stereocenters. The Morgan fingerprint density at radius 1 is 1.11 bits per heavy atom. The van der Waals surface area contributed by atoms with Gasteiger partial charge in [0.25, 0.3) is 0 Å². The third kappa shape index (κ3) is 2.15. The SMILES string of the molecule is COc1cc(CC2(N)CC2)c(OC)c2ccccc12. The minimum Gasteiger partial charge on any atom is -0.496 e. The van der Waals surface area contributed by atoms with E-state index in [9.17, 15) is 0 Å². The zero-order chi connectivity index (χ0) is 13.5. The van der Waals surface area contributed by atoms with Gasteiger partial charge in [-0.3, -0.25) is 0 Å². The lowest BCUT2D eigenvalue weighted by Crippen LogP contribution is -2.24. The summed E-state index contributed by atoms with van der Waals surface area (Å²) in [6, 6.07) is 10.2. The zero-order valence-electron chi connectivity index (χ0n) is 11.4. The molecule has 0 heterocycles. The van der Waals surface area contributed by atoms with Gasteiger partial charge in [-0.15, -0.1) is 0 Å². The van der Waals surface area contributed by atoms with E-state index in [2.05, 4.69) is 18.2 Å². The predicted molar refractivity (Wildman–Crippen MR) is 76.9 cm³/mol. The van der Waals surface area contributed by atoms with Gasteiger partial charge in [0.05, 0.1) is 14.2 Å². The Kier molecular flexibility index (Phi) is 2.86. The van der Waals surface area contributed by atoms with Crippen molar-refractivity contribution in [1.82, 2.24) is 0 Å². The molecule has 1 fully saturated rings. The largest absolute Gasteiger partial charge is 0.496 e. The molecule has 100 valence electrons. The second kappa shape index (κ2) is 4.42. The van der Waals surface area contributed by atoms with Crippen molar-refractivity contribution in [3.05, 3.63) is 35.9 Å². The summed E-state index contributed by atoms with van der Waals surface area (Å²) in [7, 11) is 3.42. The summed E-state index contributed by atoms with van der Waals surface area (Å²) in [5, 5.41) is 2.16. The predicted octanol–water partition coefficient (Wildman–Crippen LogP) is 2.89. The van der Waals surface area contributed by atoms with E-state index in [1.807, 2.05) is 12.1 Å². The Balaban J connectivity index is 2.19. The van der Waals surface area contributed by atoms with Crippen LogP contribution in [-0.4, -0.2) is 19.8 Å². The Morgan fingerprint density at radius 3 is 2.37 bits per heavy atom. The lowest BCUT2D eigenvalue weighted by Gasteiger charge is -2.17. The molecule has 0 unspecified atom stereocenters. The number of nitrogens with two attached hydrogens (primary N) is 1. The van der Waals surface area contributed by atoms with Crippen LogP contribution in [0, 0.1) is 0 Å². The minimum atomic E-state index is -0.0409. The monoisotopic (exact) mass is 257 g/mol. The van der Waals surface area contributed by atoms with Gasteiger partial charge in [0.2, 0.25) is 0 Å². The van der Waals surface area contributed by atoms with Crippen LogP contribution < -0.4 is 15.2 Å². The Labute approximate surface area is 113 Å². The molecule has 0 aromatic heterocycles. The number of hydrogen-bond acceptors (Lipinski definition) is 3. The van der Waals surface area contributed by atoms with E-state index in [0.29, 0.717) is 0 Å². The summed E-state index contributed by atoms with van der Waals surface area (Å²) >= 11 is 0. The first-order valence-corrected chi connectivity index (χ1v) is 6.58. The average molecular weight is 257 g/mol. The number of rotatable bonds is 4. The van der Waals surface area contributed by atoms with Gasteiger partial charge in [0, 0.05) is 21.9 Å². The van der Waals surface area contributed by atoms with Gasteiger partial charge in [-0.1, -0.05) is 24.3 Å². The summed E-state index contributed by atoms with van der Waals surface area (Å²) in [5.41, 5.74) is 7.34. The van der Waals surface area contributed by atoms with Crippen molar-refractivity contribution in [2.75, 3.05) is 14.2 Å². The first-order valence-electron chi connectivity index (χ1n) is 6.58. The van der Waals surface area contributed by atoms with Crippen molar-refractivity contribution >= 4 is 10.8 Å². The van der Waals surface area contributed by atoms with E-state index in [0.717, 1.165) is 47.1 Å². The van der Waals surface area contributed by atoms with E-state index >= 15 is 0 Å². The number of methoxy groups -OCH3 is 2. The van der Waals surface area contributed by atoms with E-state index in [-0.39, 0.29) is 5.54 Å². The molecule has 3 rings (SSSR count). The molecule has 1 aliphatic carbocycles. The molecule has 0 aliphatic heterocycles. The van der Waals surface area contributed by atoms with Crippen LogP contribution >= 0.6 is 0 Å². The molecule has 0 radical (unpaired) electrons. The zero-order valence-corrected chi connectivity index (χ0v) is 11.4. The van der Waals surface area contributed by atoms with Gasteiger partial charge in [-0.05, 0) is 25.3 Å². The highest BCUT2D eigenvalue weighted by Gasteiger charge is 2.39. The van der Waals surface area contributed by atoms with Crippen molar-refractivity contribution in [1.29, 1.82) is 0 Å². The van der Waals surface area contributed by atoms with Crippen LogP contribution in [-0.2, 0) is 6.42 Å². The molecule has 0 amide bonds. The van der Waals surface area contributed by atoms with Gasteiger partial charge >= 0.3 is 0 Å². The first-order chi connectivity index (χ1) is 9.17. The highest BCUT2D eigenvalue weighted by atomic mass is 16.5. The van der Waals surface area contributed by atoms with Crippen molar-refractivity contribution in [3.8, 4) is 11.5 Å². The molecule has 0 saturated heterocycles. The Bertz CT molecular complexity index is 617. The summed E-state index contributed by atoms with van der Waals surface area (Å²) in [5.74, 6) is 1.81. The third-order valence-corrected chi connectivity index (χ3v) is 3.89. The Hall–Kier alpha value is -1.74. The van der Waals surface area contributed by atoms with Crippen molar-refractivity contribution in [2.45, 2.75) is 24.8 Å². The molecular formula is C16H19NO2. The molecule has 3 heteroatoms. The van der Waals surface area contributed by atoms with Crippen molar-refractivity contribution in [3.63, 3.8) is 0 Å². The smallest absolute Gasteiger partial charge is 0.130 e. The summed E-state index contributed by atoms with van der Waals surface area (Å²) in [6.07, 6.45) is 3.02. The maximum Gasteiger partial charge on any atom is 0.130 e. The van der Waals surface area contributed by atoms with Gasteiger partial charge in [0.1, 0.15) is 11.5 Å². The number of hydrogen-bond donors (Lipinski definition) is 1. The highest BCUT2D eigenvalue weighted by Crippen LogP contribution is 2.42.